The van der Waals surface area contributed by atoms with E-state index in [9.17, 15) is 18.0 Å². The smallest absolute Gasteiger partial charge is 0.342 e. The van der Waals surface area contributed by atoms with Crippen LogP contribution in [-0.4, -0.2) is 48.5 Å². The van der Waals surface area contributed by atoms with Crippen molar-refractivity contribution in [1.29, 1.82) is 0 Å². The molecule has 0 bridgehead atoms. The number of likely N-dealkylation sites (tertiary alicyclic amines) is 1. The van der Waals surface area contributed by atoms with Gasteiger partial charge in [0.1, 0.15) is 0 Å². The number of hydrogen-bond donors (Lipinski definition) is 0. The second-order valence-electron chi connectivity index (χ2n) is 7.46. The minimum Gasteiger partial charge on any atom is -0.342 e. The number of hydrogen-bond acceptors (Lipinski definition) is 6. The second kappa shape index (κ2) is 7.93. The zero-order valence-corrected chi connectivity index (χ0v) is 17.4. The number of thiazole rings is 1. The van der Waals surface area contributed by atoms with E-state index in [0.717, 1.165) is 27.9 Å². The van der Waals surface area contributed by atoms with Crippen LogP contribution in [0.15, 0.2) is 11.6 Å². The Morgan fingerprint density at radius 2 is 2.10 bits per heavy atom. The summed E-state index contributed by atoms with van der Waals surface area (Å²) in [6.45, 7) is 4.76. The molecule has 11 heteroatoms. The molecule has 0 radical (unpaired) electrons. The van der Waals surface area contributed by atoms with Crippen LogP contribution in [0.4, 0.5) is 13.2 Å². The Morgan fingerprint density at radius 1 is 1.30 bits per heavy atom. The van der Waals surface area contributed by atoms with Crippen molar-refractivity contribution in [3.8, 4) is 0 Å². The first kappa shape index (κ1) is 20.7. The third-order valence-electron chi connectivity index (χ3n) is 5.47. The molecular weight excluding hydrogens is 417 g/mol. The van der Waals surface area contributed by atoms with Crippen LogP contribution < -0.4 is 0 Å². The summed E-state index contributed by atoms with van der Waals surface area (Å²) < 4.78 is 39.9. The lowest BCUT2D eigenvalue weighted by Gasteiger charge is -2.32. The number of amides is 1. The van der Waals surface area contributed by atoms with Gasteiger partial charge in [-0.15, -0.1) is 16.4 Å². The highest BCUT2D eigenvalue weighted by Crippen LogP contribution is 2.29. The van der Waals surface area contributed by atoms with Gasteiger partial charge in [-0.3, -0.25) is 4.79 Å². The molecule has 0 N–H and O–H groups in total. The van der Waals surface area contributed by atoms with E-state index < -0.39 is 12.0 Å². The molecule has 7 nitrogen and oxygen atoms in total. The molecule has 1 atom stereocenters. The number of carbonyl (C=O) groups is 1. The van der Waals surface area contributed by atoms with Crippen molar-refractivity contribution in [2.24, 2.45) is 0 Å². The molecule has 3 aromatic heterocycles. The van der Waals surface area contributed by atoms with Crippen LogP contribution in [-0.2, 0) is 17.4 Å². The van der Waals surface area contributed by atoms with Gasteiger partial charge < -0.3 is 4.90 Å². The number of piperidine rings is 1. The fraction of sp³-hybridized carbons (Fsp3) is 0.526. The van der Waals surface area contributed by atoms with Gasteiger partial charge in [0, 0.05) is 48.4 Å². The van der Waals surface area contributed by atoms with Gasteiger partial charge in [-0.2, -0.15) is 18.2 Å². The summed E-state index contributed by atoms with van der Waals surface area (Å²) in [6, 6.07) is 0. The molecular formula is C19H21F3N6OS. The first-order chi connectivity index (χ1) is 14.2. The second-order valence-corrected chi connectivity index (χ2v) is 8.38. The van der Waals surface area contributed by atoms with Gasteiger partial charge >= 0.3 is 6.18 Å². The zero-order valence-electron chi connectivity index (χ0n) is 16.6. The van der Waals surface area contributed by atoms with Gasteiger partial charge in [0.05, 0.1) is 5.01 Å². The van der Waals surface area contributed by atoms with Gasteiger partial charge in [-0.05, 0) is 38.7 Å². The lowest BCUT2D eigenvalue weighted by atomic mass is 9.98. The summed E-state index contributed by atoms with van der Waals surface area (Å²) in [6.07, 6.45) is -0.250. The molecule has 1 aliphatic heterocycles. The average Bonchev–Trinajstić information content (AvgIpc) is 3.37. The van der Waals surface area contributed by atoms with Gasteiger partial charge in [0.15, 0.2) is 0 Å². The number of rotatable bonds is 4. The molecule has 30 heavy (non-hydrogen) atoms. The average molecular weight is 438 g/mol. The fourth-order valence-corrected chi connectivity index (χ4v) is 4.69. The standard InChI is InChI=1S/C19H21F3N6OS/c1-11-14(12(2)28-18(24-11)25-17(26-28)19(20,21)22)5-6-15(29)27-8-3-4-13(10-27)16-23-7-9-30-16/h7,9,13H,3-6,8,10H2,1-2H3. The molecule has 0 aliphatic carbocycles. The van der Waals surface area contributed by atoms with E-state index in [1.165, 1.54) is 0 Å². The van der Waals surface area contributed by atoms with Gasteiger partial charge in [-0.1, -0.05) is 0 Å². The summed E-state index contributed by atoms with van der Waals surface area (Å²) in [5.41, 5.74) is 1.81. The maximum Gasteiger partial charge on any atom is 0.453 e. The molecule has 4 rings (SSSR count). The van der Waals surface area contributed by atoms with Gasteiger partial charge in [-0.25, -0.2) is 14.5 Å². The van der Waals surface area contributed by atoms with E-state index >= 15 is 0 Å². The fourth-order valence-electron chi connectivity index (χ4n) is 3.92. The predicted octanol–water partition coefficient (Wildman–Crippen LogP) is 3.56. The highest BCUT2D eigenvalue weighted by Gasteiger charge is 2.37. The first-order valence-corrected chi connectivity index (χ1v) is 10.6. The Bertz CT molecular complexity index is 1060. The molecule has 1 aliphatic rings. The maximum absolute atomic E-state index is 12.9. The van der Waals surface area contributed by atoms with Crippen molar-refractivity contribution >= 4 is 23.0 Å². The lowest BCUT2D eigenvalue weighted by molar-refractivity contribution is -0.144. The zero-order chi connectivity index (χ0) is 21.5. The number of alkyl halides is 3. The predicted molar refractivity (Wildman–Crippen MR) is 104 cm³/mol. The van der Waals surface area contributed by atoms with Crippen LogP contribution in [0.25, 0.3) is 5.78 Å². The normalized spacial score (nSPS) is 17.6. The Kier molecular flexibility index (Phi) is 5.48. The van der Waals surface area contributed by atoms with E-state index in [-0.39, 0.29) is 24.0 Å². The highest BCUT2D eigenvalue weighted by molar-refractivity contribution is 7.09. The van der Waals surface area contributed by atoms with Crippen LogP contribution in [0.1, 0.15) is 53.0 Å². The number of aromatic nitrogens is 5. The third kappa shape index (κ3) is 4.03. The molecule has 0 aromatic carbocycles. The van der Waals surface area contributed by atoms with E-state index in [1.54, 1.807) is 31.4 Å². The number of halogens is 3. The maximum atomic E-state index is 12.9. The molecule has 1 saturated heterocycles. The Labute approximate surface area is 175 Å². The summed E-state index contributed by atoms with van der Waals surface area (Å²) in [5, 5.41) is 6.56. The van der Waals surface area contributed by atoms with Gasteiger partial charge in [0.25, 0.3) is 11.6 Å². The van der Waals surface area contributed by atoms with Crippen molar-refractivity contribution < 1.29 is 18.0 Å². The lowest BCUT2D eigenvalue weighted by Crippen LogP contribution is -2.39. The largest absolute Gasteiger partial charge is 0.453 e. The van der Waals surface area contributed by atoms with Crippen LogP contribution in [0.2, 0.25) is 0 Å². The van der Waals surface area contributed by atoms with Crippen molar-refractivity contribution in [2.75, 3.05) is 13.1 Å². The van der Waals surface area contributed by atoms with Crippen LogP contribution in [0.3, 0.4) is 0 Å². The number of nitrogens with zero attached hydrogens (tertiary/aromatic N) is 6. The topological polar surface area (TPSA) is 76.3 Å². The molecule has 0 saturated carbocycles. The van der Waals surface area contributed by atoms with Gasteiger partial charge in [0.2, 0.25) is 5.91 Å². The minimum atomic E-state index is -4.63. The van der Waals surface area contributed by atoms with Crippen LogP contribution in [0.5, 0.6) is 0 Å². The number of carbonyl (C=O) groups excluding carboxylic acids is 1. The Hall–Kier alpha value is -2.56. The van der Waals surface area contributed by atoms with Crippen molar-refractivity contribution in [2.45, 2.75) is 51.6 Å². The number of aryl methyl sites for hydroxylation is 2. The molecule has 3 aromatic rings. The summed E-state index contributed by atoms with van der Waals surface area (Å²) in [5.74, 6) is -1.01. The van der Waals surface area contributed by atoms with E-state index in [0.29, 0.717) is 30.9 Å². The van der Waals surface area contributed by atoms with E-state index in [1.807, 2.05) is 10.3 Å². The highest BCUT2D eigenvalue weighted by atomic mass is 32.1. The Morgan fingerprint density at radius 3 is 2.80 bits per heavy atom. The molecule has 1 unspecified atom stereocenters. The SMILES string of the molecule is Cc1nc2nc(C(F)(F)F)nn2c(C)c1CCC(=O)N1CCCC(c2nccs2)C1. The monoisotopic (exact) mass is 438 g/mol. The molecule has 0 spiro atoms. The Balaban J connectivity index is 1.48. The van der Waals surface area contributed by atoms with Crippen molar-refractivity contribution in [3.05, 3.63) is 39.4 Å². The summed E-state index contributed by atoms with van der Waals surface area (Å²) in [7, 11) is 0. The summed E-state index contributed by atoms with van der Waals surface area (Å²) >= 11 is 1.61. The first-order valence-electron chi connectivity index (χ1n) is 9.71. The van der Waals surface area contributed by atoms with Crippen molar-refractivity contribution in [3.63, 3.8) is 0 Å². The summed E-state index contributed by atoms with van der Waals surface area (Å²) in [4.78, 5) is 26.7. The minimum absolute atomic E-state index is 0.0322. The number of fused-ring (bicyclic) bond motifs is 1. The quantitative estimate of drug-likeness (QED) is 0.623. The molecule has 160 valence electrons. The van der Waals surface area contributed by atoms with E-state index in [2.05, 4.69) is 20.1 Å². The molecule has 1 amide bonds. The molecule has 1 fully saturated rings. The van der Waals surface area contributed by atoms with Crippen LogP contribution in [0, 0.1) is 13.8 Å². The van der Waals surface area contributed by atoms with E-state index in [4.69, 9.17) is 0 Å². The molecule has 4 heterocycles. The van der Waals surface area contributed by atoms with Crippen molar-refractivity contribution in [1.82, 2.24) is 29.5 Å². The van der Waals surface area contributed by atoms with Crippen LogP contribution >= 0.6 is 11.3 Å². The third-order valence-corrected chi connectivity index (χ3v) is 6.40.